The molecule has 0 bridgehead atoms. The van der Waals surface area contributed by atoms with Crippen LogP contribution in [0.3, 0.4) is 0 Å². The van der Waals surface area contributed by atoms with Gasteiger partial charge in [0, 0.05) is 12.1 Å². The van der Waals surface area contributed by atoms with Crippen LogP contribution in [0.4, 0.5) is 10.1 Å². The minimum atomic E-state index is -0.556. The summed E-state index contributed by atoms with van der Waals surface area (Å²) in [5.74, 6) is 0.447. The Morgan fingerprint density at radius 3 is 2.59 bits per heavy atom. The normalized spacial score (nSPS) is 10.3. The molecule has 2 aromatic carbocycles. The van der Waals surface area contributed by atoms with E-state index in [9.17, 15) is 4.39 Å². The van der Waals surface area contributed by atoms with Crippen LogP contribution in [-0.2, 0) is 0 Å². The summed E-state index contributed by atoms with van der Waals surface area (Å²) in [5, 5.41) is -0.0138. The summed E-state index contributed by atoms with van der Waals surface area (Å²) in [6.07, 6.45) is 0. The first kappa shape index (κ1) is 12.4. The van der Waals surface area contributed by atoms with Gasteiger partial charge in [-0.2, -0.15) is 0 Å². The van der Waals surface area contributed by atoms with Crippen LogP contribution in [0.25, 0.3) is 0 Å². The molecule has 2 aromatic rings. The molecule has 0 aliphatic carbocycles. The van der Waals surface area contributed by atoms with Crippen molar-refractivity contribution in [2.45, 2.75) is 0 Å². The van der Waals surface area contributed by atoms with E-state index < -0.39 is 5.82 Å². The number of ether oxygens (including phenoxy) is 1. The Morgan fingerprint density at radius 2 is 1.88 bits per heavy atom. The van der Waals surface area contributed by atoms with Gasteiger partial charge < -0.3 is 10.5 Å². The molecule has 0 radical (unpaired) electrons. The Labute approximate surface area is 117 Å². The molecule has 17 heavy (non-hydrogen) atoms. The van der Waals surface area contributed by atoms with Gasteiger partial charge in [0.15, 0.2) is 5.75 Å². The molecule has 0 unspecified atom stereocenters. The molecule has 0 aliphatic rings. The van der Waals surface area contributed by atoms with Crippen molar-refractivity contribution < 1.29 is 9.13 Å². The van der Waals surface area contributed by atoms with Crippen molar-refractivity contribution >= 4 is 39.9 Å². The van der Waals surface area contributed by atoms with Crippen LogP contribution < -0.4 is 10.5 Å². The molecule has 2 rings (SSSR count). The van der Waals surface area contributed by atoms with Gasteiger partial charge >= 0.3 is 0 Å². The lowest BCUT2D eigenvalue weighted by Gasteiger charge is -2.10. The van der Waals surface area contributed by atoms with E-state index in [1.165, 1.54) is 6.07 Å². The number of halogens is 3. The Morgan fingerprint density at radius 1 is 1.18 bits per heavy atom. The summed E-state index contributed by atoms with van der Waals surface area (Å²) in [6, 6.07) is 9.97. The Hall–Kier alpha value is -1.01. The van der Waals surface area contributed by atoms with E-state index in [1.54, 1.807) is 6.07 Å². The van der Waals surface area contributed by atoms with Crippen LogP contribution in [0, 0.1) is 9.39 Å². The zero-order valence-corrected chi connectivity index (χ0v) is 11.5. The maximum atomic E-state index is 13.1. The fourth-order valence-electron chi connectivity index (χ4n) is 1.28. The van der Waals surface area contributed by atoms with Gasteiger partial charge in [0.2, 0.25) is 0 Å². The zero-order valence-electron chi connectivity index (χ0n) is 8.58. The number of hydrogen-bond donors (Lipinski definition) is 1. The predicted octanol–water partition coefficient (Wildman–Crippen LogP) is 4.46. The summed E-state index contributed by atoms with van der Waals surface area (Å²) >= 11 is 7.82. The minimum absolute atomic E-state index is 0.0138. The quantitative estimate of drug-likeness (QED) is 0.632. The highest BCUT2D eigenvalue weighted by molar-refractivity contribution is 14.1. The molecule has 2 N–H and O–H groups in total. The van der Waals surface area contributed by atoms with Crippen molar-refractivity contribution in [3.05, 3.63) is 50.8 Å². The molecule has 0 saturated carbocycles. The molecule has 5 heteroatoms. The molecule has 0 spiro atoms. The molecule has 0 atom stereocenters. The molecule has 0 saturated heterocycles. The van der Waals surface area contributed by atoms with Crippen molar-refractivity contribution in [3.8, 4) is 11.5 Å². The largest absolute Gasteiger partial charge is 0.454 e. The molecule has 0 fully saturated rings. The number of nitrogen functional groups attached to an aromatic ring is 1. The Kier molecular flexibility index (Phi) is 3.73. The number of benzene rings is 2. The minimum Gasteiger partial charge on any atom is -0.454 e. The van der Waals surface area contributed by atoms with E-state index in [0.717, 1.165) is 9.64 Å². The Bertz CT molecular complexity index is 562. The van der Waals surface area contributed by atoms with E-state index >= 15 is 0 Å². The molecule has 2 nitrogen and oxygen atoms in total. The molecule has 0 heterocycles. The summed E-state index contributed by atoms with van der Waals surface area (Å²) in [6.45, 7) is 0. The predicted molar refractivity (Wildman–Crippen MR) is 75.1 cm³/mol. The second-order valence-electron chi connectivity index (χ2n) is 3.34. The van der Waals surface area contributed by atoms with Crippen molar-refractivity contribution in [2.24, 2.45) is 0 Å². The van der Waals surface area contributed by atoms with Crippen molar-refractivity contribution in [2.75, 3.05) is 5.73 Å². The lowest BCUT2D eigenvalue weighted by Crippen LogP contribution is -1.94. The number of rotatable bonds is 2. The average molecular weight is 364 g/mol. The number of nitrogens with two attached hydrogens (primary N) is 1. The number of anilines is 1. The second-order valence-corrected chi connectivity index (χ2v) is 4.91. The van der Waals surface area contributed by atoms with Crippen LogP contribution in [0.1, 0.15) is 0 Å². The molecule has 0 amide bonds. The standard InChI is InChI=1S/C12H8ClFINO/c13-7-5-12(10(16)6-8(7)14)17-11-4-2-1-3-9(11)15/h1-6H,16H2. The maximum Gasteiger partial charge on any atom is 0.152 e. The summed E-state index contributed by atoms with van der Waals surface area (Å²) in [7, 11) is 0. The zero-order chi connectivity index (χ0) is 12.4. The molecule has 0 aromatic heterocycles. The first-order valence-corrected chi connectivity index (χ1v) is 6.20. The molecule has 0 aliphatic heterocycles. The smallest absolute Gasteiger partial charge is 0.152 e. The molecular formula is C12H8ClFINO. The molecular weight excluding hydrogens is 355 g/mol. The summed E-state index contributed by atoms with van der Waals surface area (Å²) in [5.41, 5.74) is 5.88. The molecule has 88 valence electrons. The lowest BCUT2D eigenvalue weighted by atomic mass is 10.3. The van der Waals surface area contributed by atoms with Crippen LogP contribution in [0.15, 0.2) is 36.4 Å². The second kappa shape index (κ2) is 5.10. The van der Waals surface area contributed by atoms with E-state index in [0.29, 0.717) is 11.5 Å². The highest BCUT2D eigenvalue weighted by Crippen LogP contribution is 2.33. The van der Waals surface area contributed by atoms with Crippen LogP contribution in [0.5, 0.6) is 11.5 Å². The van der Waals surface area contributed by atoms with Crippen LogP contribution >= 0.6 is 34.2 Å². The van der Waals surface area contributed by atoms with Crippen molar-refractivity contribution in [3.63, 3.8) is 0 Å². The summed E-state index contributed by atoms with van der Waals surface area (Å²) in [4.78, 5) is 0. The third kappa shape index (κ3) is 2.81. The number of para-hydroxylation sites is 1. The van der Waals surface area contributed by atoms with Gasteiger partial charge in [-0.05, 0) is 34.7 Å². The maximum absolute atomic E-state index is 13.1. The highest BCUT2D eigenvalue weighted by atomic mass is 127. The van der Waals surface area contributed by atoms with E-state index in [-0.39, 0.29) is 10.7 Å². The SMILES string of the molecule is Nc1cc(F)c(Cl)cc1Oc1ccccc1I. The van der Waals surface area contributed by atoms with E-state index in [1.807, 2.05) is 18.2 Å². The topological polar surface area (TPSA) is 35.2 Å². The van der Waals surface area contributed by atoms with Gasteiger partial charge in [-0.15, -0.1) is 0 Å². The first-order chi connectivity index (χ1) is 8.08. The summed E-state index contributed by atoms with van der Waals surface area (Å²) < 4.78 is 19.6. The third-order valence-corrected chi connectivity index (χ3v) is 3.29. The van der Waals surface area contributed by atoms with E-state index in [4.69, 9.17) is 22.1 Å². The van der Waals surface area contributed by atoms with Crippen LogP contribution in [-0.4, -0.2) is 0 Å². The van der Waals surface area contributed by atoms with Gasteiger partial charge in [0.05, 0.1) is 14.3 Å². The highest BCUT2D eigenvalue weighted by Gasteiger charge is 2.09. The van der Waals surface area contributed by atoms with Crippen molar-refractivity contribution in [1.82, 2.24) is 0 Å². The number of hydrogen-bond acceptors (Lipinski definition) is 2. The van der Waals surface area contributed by atoms with E-state index in [2.05, 4.69) is 22.6 Å². The van der Waals surface area contributed by atoms with Gasteiger partial charge in [0.1, 0.15) is 11.6 Å². The monoisotopic (exact) mass is 363 g/mol. The van der Waals surface area contributed by atoms with Gasteiger partial charge in [0.25, 0.3) is 0 Å². The third-order valence-electron chi connectivity index (χ3n) is 2.11. The fourth-order valence-corrected chi connectivity index (χ4v) is 1.93. The van der Waals surface area contributed by atoms with Crippen molar-refractivity contribution in [1.29, 1.82) is 0 Å². The first-order valence-electron chi connectivity index (χ1n) is 4.75. The average Bonchev–Trinajstić information content (AvgIpc) is 2.29. The Balaban J connectivity index is 2.37. The van der Waals surface area contributed by atoms with Gasteiger partial charge in [-0.1, -0.05) is 23.7 Å². The fraction of sp³-hybridized carbons (Fsp3) is 0. The van der Waals surface area contributed by atoms with Gasteiger partial charge in [-0.3, -0.25) is 0 Å². The van der Waals surface area contributed by atoms with Gasteiger partial charge in [-0.25, -0.2) is 4.39 Å². The lowest BCUT2D eigenvalue weighted by molar-refractivity contribution is 0.480. The van der Waals surface area contributed by atoms with Crippen LogP contribution in [0.2, 0.25) is 5.02 Å².